The Bertz CT molecular complexity index is 928. The number of benzene rings is 1. The number of hydrogen-bond acceptors (Lipinski definition) is 5. The van der Waals surface area contributed by atoms with Crippen molar-refractivity contribution in [1.82, 2.24) is 14.6 Å². The first-order chi connectivity index (χ1) is 13.4. The number of nitrogens with zero attached hydrogens (tertiary/aromatic N) is 2. The number of sulfonamides is 1. The lowest BCUT2D eigenvalue weighted by atomic mass is 9.97. The zero-order chi connectivity index (χ0) is 20.1. The van der Waals surface area contributed by atoms with Crippen LogP contribution in [-0.4, -0.2) is 50.1 Å². The second-order valence-electron chi connectivity index (χ2n) is 6.60. The molecule has 0 aliphatic carbocycles. The van der Waals surface area contributed by atoms with E-state index in [0.717, 1.165) is 17.9 Å². The third-order valence-electron chi connectivity index (χ3n) is 4.78. The molecule has 3 rings (SSSR count). The number of rotatable bonds is 6. The highest BCUT2D eigenvalue weighted by Gasteiger charge is 2.26. The number of carbonyl (C=O) groups excluding carboxylic acids is 1. The van der Waals surface area contributed by atoms with Gasteiger partial charge in [-0.3, -0.25) is 4.79 Å². The molecule has 6 nitrogen and oxygen atoms in total. The van der Waals surface area contributed by atoms with Gasteiger partial charge in [-0.2, -0.15) is 0 Å². The number of nitrogens with one attached hydrogen (secondary N) is 1. The lowest BCUT2D eigenvalue weighted by molar-refractivity contribution is 0.0687. The Morgan fingerprint density at radius 1 is 1.25 bits per heavy atom. The molecule has 1 fully saturated rings. The summed E-state index contributed by atoms with van der Waals surface area (Å²) in [6.07, 6.45) is 5.09. The average Bonchev–Trinajstić information content (AvgIpc) is 2.72. The SMILES string of the molecule is CSc1ncccc1C(=O)N1CCC(CNS(=O)(=O)c2ccc(Cl)cc2)CC1. The van der Waals surface area contributed by atoms with Crippen molar-refractivity contribution in [3.63, 3.8) is 0 Å². The van der Waals surface area contributed by atoms with Crippen molar-refractivity contribution < 1.29 is 13.2 Å². The van der Waals surface area contributed by atoms with E-state index >= 15 is 0 Å². The summed E-state index contributed by atoms with van der Waals surface area (Å²) in [5.74, 6) is 0.178. The number of aromatic nitrogens is 1. The van der Waals surface area contributed by atoms with E-state index in [-0.39, 0.29) is 16.7 Å². The van der Waals surface area contributed by atoms with Gasteiger partial charge >= 0.3 is 0 Å². The Kier molecular flexibility index (Phi) is 6.98. The number of amides is 1. The highest BCUT2D eigenvalue weighted by atomic mass is 35.5. The fourth-order valence-corrected chi connectivity index (χ4v) is 4.94. The number of piperidine rings is 1. The summed E-state index contributed by atoms with van der Waals surface area (Å²) in [6.45, 7) is 1.57. The fraction of sp³-hybridized carbons (Fsp3) is 0.368. The van der Waals surface area contributed by atoms with Crippen LogP contribution in [-0.2, 0) is 10.0 Å². The van der Waals surface area contributed by atoms with E-state index in [1.54, 1.807) is 30.5 Å². The van der Waals surface area contributed by atoms with Crippen LogP contribution < -0.4 is 4.72 Å². The third-order valence-corrected chi connectivity index (χ3v) is 7.19. The predicted octanol–water partition coefficient (Wildman–Crippen LogP) is 3.29. The molecule has 2 heterocycles. The fourth-order valence-electron chi connectivity index (χ4n) is 3.15. The van der Waals surface area contributed by atoms with E-state index in [1.165, 1.54) is 23.9 Å². The molecule has 1 aromatic carbocycles. The number of halogens is 1. The number of likely N-dealkylation sites (tertiary alicyclic amines) is 1. The van der Waals surface area contributed by atoms with Crippen molar-refractivity contribution in [2.75, 3.05) is 25.9 Å². The van der Waals surface area contributed by atoms with Crippen LogP contribution in [0.2, 0.25) is 5.02 Å². The molecule has 1 aliphatic heterocycles. The average molecular weight is 440 g/mol. The molecule has 0 spiro atoms. The molecular formula is C19H22ClN3O3S2. The molecule has 2 aromatic rings. The molecular weight excluding hydrogens is 418 g/mol. The van der Waals surface area contributed by atoms with Crippen LogP contribution in [0.1, 0.15) is 23.2 Å². The minimum Gasteiger partial charge on any atom is -0.339 e. The van der Waals surface area contributed by atoms with Gasteiger partial charge in [0, 0.05) is 30.9 Å². The first kappa shape index (κ1) is 21.1. The zero-order valence-corrected chi connectivity index (χ0v) is 17.9. The summed E-state index contributed by atoms with van der Waals surface area (Å²) in [4.78, 5) is 19.0. The summed E-state index contributed by atoms with van der Waals surface area (Å²) in [5, 5.41) is 1.22. The van der Waals surface area contributed by atoms with Gasteiger partial charge in [-0.05, 0) is 61.4 Å². The van der Waals surface area contributed by atoms with Crippen molar-refractivity contribution in [2.24, 2.45) is 5.92 Å². The van der Waals surface area contributed by atoms with Crippen LogP contribution in [0.25, 0.3) is 0 Å². The van der Waals surface area contributed by atoms with Crippen molar-refractivity contribution in [2.45, 2.75) is 22.8 Å². The highest BCUT2D eigenvalue weighted by Crippen LogP contribution is 2.23. The summed E-state index contributed by atoms with van der Waals surface area (Å²) in [6, 6.07) is 9.66. The Hall–Kier alpha value is -1.61. The topological polar surface area (TPSA) is 79.4 Å². The number of carbonyl (C=O) groups is 1. The summed E-state index contributed by atoms with van der Waals surface area (Å²) < 4.78 is 27.4. The van der Waals surface area contributed by atoms with Gasteiger partial charge in [0.25, 0.3) is 5.91 Å². The molecule has 28 heavy (non-hydrogen) atoms. The van der Waals surface area contributed by atoms with E-state index in [0.29, 0.717) is 30.2 Å². The largest absolute Gasteiger partial charge is 0.339 e. The summed E-state index contributed by atoms with van der Waals surface area (Å²) >= 11 is 7.26. The molecule has 0 atom stereocenters. The van der Waals surface area contributed by atoms with E-state index in [2.05, 4.69) is 9.71 Å². The quantitative estimate of drug-likeness (QED) is 0.698. The Balaban J connectivity index is 1.54. The van der Waals surface area contributed by atoms with Crippen molar-refractivity contribution in [3.05, 3.63) is 53.2 Å². The van der Waals surface area contributed by atoms with Gasteiger partial charge < -0.3 is 4.90 Å². The van der Waals surface area contributed by atoms with E-state index in [1.807, 2.05) is 11.2 Å². The van der Waals surface area contributed by atoms with Gasteiger partial charge in [-0.1, -0.05) is 11.6 Å². The molecule has 1 aliphatic rings. The molecule has 1 aromatic heterocycles. The van der Waals surface area contributed by atoms with Crippen LogP contribution in [0.4, 0.5) is 0 Å². The molecule has 1 amide bonds. The minimum atomic E-state index is -3.56. The Morgan fingerprint density at radius 2 is 1.93 bits per heavy atom. The lowest BCUT2D eigenvalue weighted by Crippen LogP contribution is -2.41. The lowest BCUT2D eigenvalue weighted by Gasteiger charge is -2.32. The normalized spacial score (nSPS) is 15.6. The monoisotopic (exact) mass is 439 g/mol. The maximum Gasteiger partial charge on any atom is 0.256 e. The summed E-state index contributed by atoms with van der Waals surface area (Å²) in [5.41, 5.74) is 0.622. The molecule has 150 valence electrons. The smallest absolute Gasteiger partial charge is 0.256 e. The molecule has 9 heteroatoms. The van der Waals surface area contributed by atoms with Crippen LogP contribution in [0, 0.1) is 5.92 Å². The molecule has 0 saturated carbocycles. The maximum absolute atomic E-state index is 12.8. The van der Waals surface area contributed by atoms with Gasteiger partial charge in [0.05, 0.1) is 10.5 Å². The van der Waals surface area contributed by atoms with E-state index in [9.17, 15) is 13.2 Å². The first-order valence-electron chi connectivity index (χ1n) is 8.94. The van der Waals surface area contributed by atoms with Crippen LogP contribution >= 0.6 is 23.4 Å². The standard InChI is InChI=1S/C19H22ClN3O3S2/c1-27-18-17(3-2-10-21-18)19(24)23-11-8-14(9-12-23)13-22-28(25,26)16-6-4-15(20)5-7-16/h2-7,10,14,22H,8-9,11-13H2,1H3. The number of thioether (sulfide) groups is 1. The van der Waals surface area contributed by atoms with E-state index < -0.39 is 10.0 Å². The second-order valence-corrected chi connectivity index (χ2v) is 9.60. The highest BCUT2D eigenvalue weighted by molar-refractivity contribution is 7.98. The van der Waals surface area contributed by atoms with Crippen LogP contribution in [0.15, 0.2) is 52.5 Å². The Labute approximate surface area is 174 Å². The molecule has 0 bridgehead atoms. The van der Waals surface area contributed by atoms with Gasteiger partial charge in [0.15, 0.2) is 0 Å². The van der Waals surface area contributed by atoms with Gasteiger partial charge in [0.2, 0.25) is 10.0 Å². The first-order valence-corrected chi connectivity index (χ1v) is 12.0. The van der Waals surface area contributed by atoms with Crippen molar-refractivity contribution in [1.29, 1.82) is 0 Å². The van der Waals surface area contributed by atoms with Crippen LogP contribution in [0.3, 0.4) is 0 Å². The predicted molar refractivity (Wildman–Crippen MR) is 111 cm³/mol. The van der Waals surface area contributed by atoms with E-state index in [4.69, 9.17) is 11.6 Å². The van der Waals surface area contributed by atoms with Crippen LogP contribution in [0.5, 0.6) is 0 Å². The molecule has 1 N–H and O–H groups in total. The van der Waals surface area contributed by atoms with Gasteiger partial charge in [-0.25, -0.2) is 18.1 Å². The zero-order valence-electron chi connectivity index (χ0n) is 15.5. The maximum atomic E-state index is 12.8. The van der Waals surface area contributed by atoms with Gasteiger partial charge in [0.1, 0.15) is 5.03 Å². The van der Waals surface area contributed by atoms with Crippen molar-refractivity contribution >= 4 is 39.3 Å². The van der Waals surface area contributed by atoms with Crippen molar-refractivity contribution in [3.8, 4) is 0 Å². The second kappa shape index (κ2) is 9.26. The Morgan fingerprint density at radius 3 is 2.57 bits per heavy atom. The number of hydrogen-bond donors (Lipinski definition) is 1. The minimum absolute atomic E-state index is 0.0161. The van der Waals surface area contributed by atoms with Gasteiger partial charge in [-0.15, -0.1) is 11.8 Å². The molecule has 0 unspecified atom stereocenters. The third kappa shape index (κ3) is 5.05. The number of pyridine rings is 1. The molecule has 1 saturated heterocycles. The molecule has 0 radical (unpaired) electrons. The summed E-state index contributed by atoms with van der Waals surface area (Å²) in [7, 11) is -3.56.